The molecule has 2 aromatic rings. The van der Waals surface area contributed by atoms with Gasteiger partial charge in [-0.15, -0.1) is 0 Å². The van der Waals surface area contributed by atoms with Crippen LogP contribution in [0.5, 0.6) is 0 Å². The maximum Gasteiger partial charge on any atom is 0.149 e. The molecule has 1 aliphatic heterocycles. The molecule has 0 saturated carbocycles. The van der Waals surface area contributed by atoms with E-state index < -0.39 is 11.6 Å². The van der Waals surface area contributed by atoms with E-state index in [0.717, 1.165) is 18.1 Å². The Balaban J connectivity index is 1.84. The molecule has 21 heavy (non-hydrogen) atoms. The summed E-state index contributed by atoms with van der Waals surface area (Å²) in [5, 5.41) is 3.26. The summed E-state index contributed by atoms with van der Waals surface area (Å²) < 4.78 is 27.7. The fraction of sp³-hybridized carbons (Fsp3) is 0.235. The maximum absolute atomic E-state index is 14.1. The highest BCUT2D eigenvalue weighted by Crippen LogP contribution is 2.50. The predicted molar refractivity (Wildman–Crippen MR) is 76.9 cm³/mol. The van der Waals surface area contributed by atoms with Crippen LogP contribution in [0.4, 0.5) is 14.5 Å². The van der Waals surface area contributed by atoms with E-state index >= 15 is 0 Å². The fourth-order valence-corrected chi connectivity index (χ4v) is 3.51. The number of halogens is 2. The van der Waals surface area contributed by atoms with Crippen molar-refractivity contribution < 1.29 is 8.78 Å². The van der Waals surface area contributed by atoms with E-state index in [-0.39, 0.29) is 17.9 Å². The van der Waals surface area contributed by atoms with E-state index in [1.54, 1.807) is 12.4 Å². The third-order valence-electron chi connectivity index (χ3n) is 4.43. The summed E-state index contributed by atoms with van der Waals surface area (Å²) in [5.41, 5.74) is 2.16. The quantitative estimate of drug-likeness (QED) is 0.794. The molecule has 2 heterocycles. The molecule has 3 atom stereocenters. The summed E-state index contributed by atoms with van der Waals surface area (Å²) in [4.78, 5) is 4.15. The lowest BCUT2D eigenvalue weighted by atomic mass is 9.77. The summed E-state index contributed by atoms with van der Waals surface area (Å²) >= 11 is 0. The van der Waals surface area contributed by atoms with Crippen LogP contribution >= 0.6 is 0 Å². The van der Waals surface area contributed by atoms with Crippen LogP contribution in [0.2, 0.25) is 0 Å². The first-order valence-electron chi connectivity index (χ1n) is 7.06. The highest BCUT2D eigenvalue weighted by Gasteiger charge is 2.39. The number of aromatic nitrogens is 1. The first-order chi connectivity index (χ1) is 10.2. The third kappa shape index (κ3) is 1.94. The van der Waals surface area contributed by atoms with Crippen molar-refractivity contribution in [1.82, 2.24) is 4.98 Å². The Bertz CT molecular complexity index is 712. The topological polar surface area (TPSA) is 24.9 Å². The SMILES string of the molecule is Fc1cc(F)c2c(c1)[C@H]1C=CC[C@@H]1[C@@H](c1cccnc1)N2. The molecule has 0 radical (unpaired) electrons. The standard InChI is InChI=1S/C17H14F2N2/c18-11-7-14-12-4-1-5-13(12)16(10-3-2-6-20-9-10)21-17(14)15(19)8-11/h1-4,6-9,12-13,16,21H,5H2/t12-,13-,16+/m0/s1. The molecule has 0 amide bonds. The van der Waals surface area contributed by atoms with E-state index in [1.165, 1.54) is 6.07 Å². The zero-order chi connectivity index (χ0) is 14.4. The van der Waals surface area contributed by atoms with E-state index in [9.17, 15) is 8.78 Å². The number of hydrogen-bond acceptors (Lipinski definition) is 2. The molecule has 106 valence electrons. The number of pyridine rings is 1. The molecule has 4 heteroatoms. The zero-order valence-electron chi connectivity index (χ0n) is 11.3. The summed E-state index contributed by atoms with van der Waals surface area (Å²) in [6.45, 7) is 0. The van der Waals surface area contributed by atoms with Crippen LogP contribution in [0.3, 0.4) is 0 Å². The average molecular weight is 284 g/mol. The average Bonchev–Trinajstić information content (AvgIpc) is 2.97. The highest BCUT2D eigenvalue weighted by atomic mass is 19.1. The molecule has 1 N–H and O–H groups in total. The van der Waals surface area contributed by atoms with Crippen molar-refractivity contribution in [2.24, 2.45) is 5.92 Å². The van der Waals surface area contributed by atoms with Crippen molar-refractivity contribution >= 4 is 5.69 Å². The molecule has 0 spiro atoms. The van der Waals surface area contributed by atoms with Crippen LogP contribution in [0.25, 0.3) is 0 Å². The Morgan fingerprint density at radius 3 is 2.95 bits per heavy atom. The number of nitrogens with zero attached hydrogens (tertiary/aromatic N) is 1. The van der Waals surface area contributed by atoms with Crippen LogP contribution in [0, 0.1) is 17.6 Å². The molecule has 0 bridgehead atoms. The summed E-state index contributed by atoms with van der Waals surface area (Å²) in [7, 11) is 0. The van der Waals surface area contributed by atoms with Gasteiger partial charge in [-0.05, 0) is 35.6 Å². The Kier molecular flexibility index (Phi) is 2.77. The van der Waals surface area contributed by atoms with Crippen molar-refractivity contribution in [2.75, 3.05) is 5.32 Å². The van der Waals surface area contributed by atoms with Gasteiger partial charge >= 0.3 is 0 Å². The smallest absolute Gasteiger partial charge is 0.149 e. The number of allylic oxidation sites excluding steroid dienone is 2. The van der Waals surface area contributed by atoms with Crippen molar-refractivity contribution in [1.29, 1.82) is 0 Å². The lowest BCUT2D eigenvalue weighted by Gasteiger charge is -2.37. The molecular weight excluding hydrogens is 270 g/mol. The summed E-state index contributed by atoms with van der Waals surface area (Å²) in [6.07, 6.45) is 8.58. The minimum absolute atomic E-state index is 0.00818. The number of nitrogens with one attached hydrogen (secondary N) is 1. The van der Waals surface area contributed by atoms with E-state index in [2.05, 4.69) is 22.5 Å². The minimum atomic E-state index is -0.530. The fourth-order valence-electron chi connectivity index (χ4n) is 3.51. The van der Waals surface area contributed by atoms with E-state index in [4.69, 9.17) is 0 Å². The highest BCUT2D eigenvalue weighted by molar-refractivity contribution is 5.60. The third-order valence-corrected chi connectivity index (χ3v) is 4.43. The Morgan fingerprint density at radius 2 is 2.14 bits per heavy atom. The van der Waals surface area contributed by atoms with Crippen molar-refractivity contribution in [3.05, 3.63) is 71.6 Å². The summed E-state index contributed by atoms with van der Waals surface area (Å²) in [5.74, 6) is -0.732. The van der Waals surface area contributed by atoms with Crippen LogP contribution < -0.4 is 5.32 Å². The predicted octanol–water partition coefficient (Wildman–Crippen LogP) is 4.19. The van der Waals surface area contributed by atoms with Crippen LogP contribution in [-0.2, 0) is 0 Å². The van der Waals surface area contributed by atoms with Gasteiger partial charge in [-0.25, -0.2) is 8.78 Å². The second-order valence-electron chi connectivity index (χ2n) is 5.61. The van der Waals surface area contributed by atoms with Gasteiger partial charge in [-0.1, -0.05) is 18.2 Å². The lowest BCUT2D eigenvalue weighted by Crippen LogP contribution is -2.30. The maximum atomic E-state index is 14.1. The van der Waals surface area contributed by atoms with Crippen LogP contribution in [0.1, 0.15) is 29.5 Å². The largest absolute Gasteiger partial charge is 0.375 e. The van der Waals surface area contributed by atoms with Gasteiger partial charge in [-0.3, -0.25) is 4.98 Å². The van der Waals surface area contributed by atoms with Crippen molar-refractivity contribution in [3.63, 3.8) is 0 Å². The molecule has 1 aromatic carbocycles. The van der Waals surface area contributed by atoms with Gasteiger partial charge in [0, 0.05) is 24.4 Å². The van der Waals surface area contributed by atoms with Gasteiger partial charge in [0.2, 0.25) is 0 Å². The molecule has 0 fully saturated rings. The van der Waals surface area contributed by atoms with Gasteiger partial charge in [0.15, 0.2) is 0 Å². The Hall–Kier alpha value is -2.23. The number of fused-ring (bicyclic) bond motifs is 3. The lowest BCUT2D eigenvalue weighted by molar-refractivity contribution is 0.417. The number of rotatable bonds is 1. The van der Waals surface area contributed by atoms with Gasteiger partial charge in [-0.2, -0.15) is 0 Å². The Labute approximate surface area is 121 Å². The van der Waals surface area contributed by atoms with Gasteiger partial charge in [0.1, 0.15) is 11.6 Å². The van der Waals surface area contributed by atoms with Gasteiger partial charge < -0.3 is 5.32 Å². The molecule has 0 saturated heterocycles. The van der Waals surface area contributed by atoms with Gasteiger partial charge in [0.25, 0.3) is 0 Å². The molecule has 4 rings (SSSR count). The first-order valence-corrected chi connectivity index (χ1v) is 7.06. The van der Waals surface area contributed by atoms with E-state index in [0.29, 0.717) is 11.3 Å². The van der Waals surface area contributed by atoms with Crippen molar-refractivity contribution in [3.8, 4) is 0 Å². The van der Waals surface area contributed by atoms with Crippen molar-refractivity contribution in [2.45, 2.75) is 18.4 Å². The van der Waals surface area contributed by atoms with Crippen LogP contribution in [0.15, 0.2) is 48.8 Å². The molecule has 2 aliphatic rings. The molecular formula is C17H14F2N2. The van der Waals surface area contributed by atoms with Gasteiger partial charge in [0.05, 0.1) is 11.7 Å². The number of benzene rings is 1. The summed E-state index contributed by atoms with van der Waals surface area (Å²) in [6, 6.07) is 6.24. The van der Waals surface area contributed by atoms with Crippen LogP contribution in [-0.4, -0.2) is 4.98 Å². The molecule has 1 aromatic heterocycles. The minimum Gasteiger partial charge on any atom is -0.375 e. The first kappa shape index (κ1) is 12.5. The molecule has 2 nitrogen and oxygen atoms in total. The number of anilines is 1. The monoisotopic (exact) mass is 284 g/mol. The Morgan fingerprint density at radius 1 is 1.24 bits per heavy atom. The number of hydrogen-bond donors (Lipinski definition) is 1. The zero-order valence-corrected chi connectivity index (χ0v) is 11.3. The molecule has 0 unspecified atom stereocenters. The normalized spacial score (nSPS) is 26.1. The second kappa shape index (κ2) is 4.65. The second-order valence-corrected chi connectivity index (χ2v) is 5.61. The van der Waals surface area contributed by atoms with E-state index in [1.807, 2.05) is 12.1 Å². The molecule has 1 aliphatic carbocycles.